The van der Waals surface area contributed by atoms with Crippen molar-refractivity contribution in [2.24, 2.45) is 0 Å². The second kappa shape index (κ2) is 12.5. The molecule has 20 heteroatoms. The Hall–Kier alpha value is -4.01. The molecule has 0 atom stereocenters. The van der Waals surface area contributed by atoms with E-state index in [0.29, 0.717) is 24.3 Å². The monoisotopic (exact) mass is 709 g/mol. The highest BCUT2D eigenvalue weighted by atomic mass is 28.4. The van der Waals surface area contributed by atoms with E-state index in [9.17, 15) is 39.5 Å². The van der Waals surface area contributed by atoms with Gasteiger partial charge in [0.1, 0.15) is 41.0 Å². The molecular weight excluding hydrogens is 696 g/mol. The smallest absolute Gasteiger partial charge is 0.373 e. The molecule has 0 bridgehead atoms. The first-order valence-corrected chi connectivity index (χ1v) is 14.1. The highest BCUT2D eigenvalue weighted by Gasteiger charge is 2.49. The van der Waals surface area contributed by atoms with Crippen molar-refractivity contribution in [2.45, 2.75) is 0 Å². The summed E-state index contributed by atoms with van der Waals surface area (Å²) in [5.74, 6) is -46.2. The molecule has 0 aliphatic heterocycles. The molecule has 47 heavy (non-hydrogen) atoms. The van der Waals surface area contributed by atoms with Gasteiger partial charge < -0.3 is 13.3 Å². The first-order chi connectivity index (χ1) is 21.9. The van der Waals surface area contributed by atoms with Crippen molar-refractivity contribution in [3.05, 3.63) is 112 Å². The van der Waals surface area contributed by atoms with E-state index in [1.807, 2.05) is 0 Å². The Labute approximate surface area is 254 Å². The quantitative estimate of drug-likeness (QED) is 0.119. The summed E-state index contributed by atoms with van der Waals surface area (Å²) in [7, 11) is -0.918. The second-order valence-electron chi connectivity index (χ2n) is 9.61. The third kappa shape index (κ3) is 4.91. The van der Waals surface area contributed by atoms with Gasteiger partial charge in [0.2, 0.25) is 0 Å². The van der Waals surface area contributed by atoms with Crippen LogP contribution in [0.5, 0.6) is 0 Å². The summed E-state index contributed by atoms with van der Waals surface area (Å²) in [6, 6.07) is 2.03. The number of rotatable bonds is 8. The van der Waals surface area contributed by atoms with Crippen LogP contribution in [0, 0.1) is 87.3 Å². The topological polar surface area (TPSA) is 27.7 Å². The summed E-state index contributed by atoms with van der Waals surface area (Å²) in [5.41, 5.74) is -9.73. The van der Waals surface area contributed by atoms with Crippen molar-refractivity contribution in [1.29, 1.82) is 0 Å². The van der Waals surface area contributed by atoms with Gasteiger partial charge in [-0.2, -0.15) is 5.46 Å². The maximum Gasteiger partial charge on any atom is 0.536 e. The summed E-state index contributed by atoms with van der Waals surface area (Å²) in [6.45, 7) is 0. The lowest BCUT2D eigenvalue weighted by atomic mass is 9.12. The van der Waals surface area contributed by atoms with Crippen molar-refractivity contribution < 1.29 is 79.1 Å². The molecular formula is C27H13BF15O3Si-. The van der Waals surface area contributed by atoms with Crippen LogP contribution in [0.25, 0.3) is 0 Å². The average Bonchev–Trinajstić information content (AvgIpc) is 3.07. The van der Waals surface area contributed by atoms with E-state index < -0.39 is 124 Å². The molecule has 0 saturated heterocycles. The van der Waals surface area contributed by atoms with Crippen molar-refractivity contribution in [2.75, 3.05) is 21.3 Å². The normalized spacial score (nSPS) is 12.3. The van der Waals surface area contributed by atoms with E-state index in [-0.39, 0.29) is 5.19 Å². The van der Waals surface area contributed by atoms with Crippen LogP contribution in [0.4, 0.5) is 65.9 Å². The number of hydrogen-bond donors (Lipinski definition) is 0. The summed E-state index contributed by atoms with van der Waals surface area (Å²) < 4.78 is 240. The summed E-state index contributed by atoms with van der Waals surface area (Å²) in [5, 5.41) is -0.231. The Bertz CT molecular complexity index is 1660. The van der Waals surface area contributed by atoms with Gasteiger partial charge in [-0.3, -0.25) is 0 Å². The molecule has 0 fully saturated rings. The van der Waals surface area contributed by atoms with Gasteiger partial charge in [0, 0.05) is 26.5 Å². The zero-order valence-corrected chi connectivity index (χ0v) is 24.3. The van der Waals surface area contributed by atoms with E-state index in [4.69, 9.17) is 13.3 Å². The molecule has 0 amide bonds. The maximum absolute atomic E-state index is 15.7. The Balaban J connectivity index is 2.49. The third-order valence-electron chi connectivity index (χ3n) is 7.60. The number of benzene rings is 4. The lowest BCUT2D eigenvalue weighted by Gasteiger charge is -2.45. The van der Waals surface area contributed by atoms with Crippen LogP contribution in [0.3, 0.4) is 0 Å². The van der Waals surface area contributed by atoms with Crippen LogP contribution >= 0.6 is 0 Å². The fraction of sp³-hybridized carbons (Fsp3) is 0.111. The standard InChI is InChI=1S/C27H13BF15O3Si/c1-44-47(45-2,46-3)9-6-4-8(5-7-9)28(10-13(29)19(35)25(41)20(36)14(10)30,11-15(31)21(37)26(42)22(38)16(11)32)12-17(33)23(39)27(43)24(40)18(12)34/h4-7H,1-3H3/q-1. The van der Waals surface area contributed by atoms with Crippen LogP contribution in [-0.4, -0.2) is 36.3 Å². The van der Waals surface area contributed by atoms with Gasteiger partial charge in [0.15, 0.2) is 52.4 Å². The zero-order chi connectivity index (χ0) is 35.5. The molecule has 0 N–H and O–H groups in total. The van der Waals surface area contributed by atoms with Crippen LogP contribution in [0.15, 0.2) is 24.3 Å². The number of hydrogen-bond acceptors (Lipinski definition) is 3. The Morgan fingerprint density at radius 2 is 0.574 bits per heavy atom. The van der Waals surface area contributed by atoms with Gasteiger partial charge in [0.25, 0.3) is 0 Å². The van der Waals surface area contributed by atoms with E-state index in [1.165, 1.54) is 0 Å². The summed E-state index contributed by atoms with van der Waals surface area (Å²) in [4.78, 5) is 0. The summed E-state index contributed by atoms with van der Waals surface area (Å²) in [6.07, 6.45) is -5.89. The SMILES string of the molecule is CO[Si](OC)(OC)c1ccc([B-](c2c(F)c(F)c(F)c(F)c2F)(c2c(F)c(F)c(F)c(F)c2F)c2c(F)c(F)c(F)c(F)c2F)cc1. The molecule has 0 spiro atoms. The molecule has 0 aromatic heterocycles. The molecule has 0 aliphatic carbocycles. The lowest BCUT2D eigenvalue weighted by molar-refractivity contribution is 0.140. The molecule has 3 nitrogen and oxygen atoms in total. The fourth-order valence-corrected chi connectivity index (χ4v) is 7.30. The molecule has 0 heterocycles. The summed E-state index contributed by atoms with van der Waals surface area (Å²) >= 11 is 0. The molecule has 4 rings (SSSR count). The Morgan fingerprint density at radius 3 is 0.787 bits per heavy atom. The lowest BCUT2D eigenvalue weighted by Crippen LogP contribution is -2.79. The molecule has 0 aliphatic rings. The van der Waals surface area contributed by atoms with E-state index in [1.54, 1.807) is 0 Å². The first-order valence-electron chi connectivity index (χ1n) is 12.4. The first kappa shape index (κ1) is 35.8. The maximum atomic E-state index is 15.7. The van der Waals surface area contributed by atoms with Crippen molar-refractivity contribution in [3.63, 3.8) is 0 Å². The predicted molar refractivity (Wildman–Crippen MR) is 136 cm³/mol. The van der Waals surface area contributed by atoms with Crippen molar-refractivity contribution >= 4 is 42.0 Å². The molecule has 0 radical (unpaired) electrons. The molecule has 0 saturated carbocycles. The van der Waals surface area contributed by atoms with Crippen LogP contribution in [-0.2, 0) is 13.3 Å². The zero-order valence-electron chi connectivity index (χ0n) is 23.3. The Morgan fingerprint density at radius 1 is 0.362 bits per heavy atom. The van der Waals surface area contributed by atoms with Gasteiger partial charge in [-0.15, -0.1) is 16.4 Å². The van der Waals surface area contributed by atoms with Gasteiger partial charge >= 0.3 is 8.80 Å². The minimum atomic E-state index is -5.89. The average molecular weight is 709 g/mol. The minimum absolute atomic E-state index is 0.231. The van der Waals surface area contributed by atoms with Gasteiger partial charge in [-0.25, -0.2) is 65.9 Å². The minimum Gasteiger partial charge on any atom is -0.373 e. The van der Waals surface area contributed by atoms with Gasteiger partial charge in [-0.1, -0.05) is 24.3 Å². The highest BCUT2D eigenvalue weighted by Crippen LogP contribution is 2.28. The van der Waals surface area contributed by atoms with E-state index >= 15 is 26.3 Å². The second-order valence-corrected chi connectivity index (χ2v) is 12.5. The Kier molecular flexibility index (Phi) is 9.57. The molecule has 252 valence electrons. The molecule has 4 aromatic rings. The molecule has 0 unspecified atom stereocenters. The van der Waals surface area contributed by atoms with Gasteiger partial charge in [-0.05, 0) is 0 Å². The van der Waals surface area contributed by atoms with Crippen molar-refractivity contribution in [3.8, 4) is 0 Å². The fourth-order valence-electron chi connectivity index (χ4n) is 5.52. The molecule has 4 aromatic carbocycles. The predicted octanol–water partition coefficient (Wildman–Crippen LogP) is 4.24. The van der Waals surface area contributed by atoms with Crippen molar-refractivity contribution in [1.82, 2.24) is 0 Å². The van der Waals surface area contributed by atoms with Crippen LogP contribution in [0.2, 0.25) is 0 Å². The third-order valence-corrected chi connectivity index (χ3v) is 10.3. The highest BCUT2D eigenvalue weighted by molar-refractivity contribution is 7.20. The number of halogens is 15. The van der Waals surface area contributed by atoms with E-state index in [0.717, 1.165) is 21.3 Å². The van der Waals surface area contributed by atoms with Crippen LogP contribution < -0.4 is 27.0 Å². The van der Waals surface area contributed by atoms with Gasteiger partial charge in [0.05, 0.1) is 0 Å². The largest absolute Gasteiger partial charge is 0.536 e. The van der Waals surface area contributed by atoms with E-state index in [2.05, 4.69) is 0 Å². The van der Waals surface area contributed by atoms with Crippen LogP contribution in [0.1, 0.15) is 0 Å².